The van der Waals surface area contributed by atoms with Crippen LogP contribution in [0.4, 0.5) is 0 Å². The Bertz CT molecular complexity index is 725. The first-order chi connectivity index (χ1) is 11.5. The first-order valence-electron chi connectivity index (χ1n) is 8.29. The normalized spacial score (nSPS) is 13.5. The minimum Gasteiger partial charge on any atom is -0.318 e. The molecular weight excluding hydrogens is 368 g/mol. The van der Waals surface area contributed by atoms with Crippen LogP contribution in [0.2, 0.25) is 0 Å². The monoisotopic (exact) mass is 390 g/mol. The van der Waals surface area contributed by atoms with Gasteiger partial charge in [0.2, 0.25) is 5.56 Å². The number of halogens is 1. The lowest BCUT2D eigenvalue weighted by Crippen LogP contribution is -2.16. The molecule has 0 fully saturated rings. The summed E-state index contributed by atoms with van der Waals surface area (Å²) >= 11 is 3.46. The van der Waals surface area contributed by atoms with Gasteiger partial charge in [-0.15, -0.1) is 0 Å². The lowest BCUT2D eigenvalue weighted by Gasteiger charge is -2.20. The van der Waals surface area contributed by atoms with Gasteiger partial charge in [0.1, 0.15) is 6.04 Å². The van der Waals surface area contributed by atoms with Crippen molar-refractivity contribution >= 4 is 15.9 Å². The van der Waals surface area contributed by atoms with E-state index in [9.17, 15) is 9.70 Å². The van der Waals surface area contributed by atoms with Gasteiger partial charge in [0.05, 0.1) is 0 Å². The minimum absolute atomic E-state index is 0.0844. The maximum Gasteiger partial charge on any atom is 0.250 e. The second kappa shape index (κ2) is 8.92. The van der Waals surface area contributed by atoms with E-state index in [1.165, 1.54) is 16.2 Å². The first kappa shape index (κ1) is 18.6. The third-order valence-corrected chi connectivity index (χ3v) is 4.90. The number of nitroso groups, excluding NO2 is 1. The highest BCUT2D eigenvalue weighted by atomic mass is 79.9. The Hall–Kier alpha value is -1.75. The number of pyridine rings is 1. The highest BCUT2D eigenvalue weighted by Gasteiger charge is 2.20. The van der Waals surface area contributed by atoms with Crippen LogP contribution in [0.5, 0.6) is 0 Å². The zero-order chi connectivity index (χ0) is 17.5. The van der Waals surface area contributed by atoms with E-state index in [0.29, 0.717) is 6.42 Å². The third-order valence-electron chi connectivity index (χ3n) is 4.38. The van der Waals surface area contributed by atoms with E-state index in [2.05, 4.69) is 40.2 Å². The molecule has 0 aliphatic rings. The van der Waals surface area contributed by atoms with E-state index in [0.717, 1.165) is 29.3 Å². The maximum absolute atomic E-state index is 11.5. The molecule has 4 nitrogen and oxygen atoms in total. The molecule has 0 saturated heterocycles. The Morgan fingerprint density at radius 3 is 2.38 bits per heavy atom. The highest BCUT2D eigenvalue weighted by molar-refractivity contribution is 9.10. The zero-order valence-corrected chi connectivity index (χ0v) is 15.7. The molecule has 2 unspecified atom stereocenters. The van der Waals surface area contributed by atoms with Gasteiger partial charge in [-0.25, -0.2) is 0 Å². The molecule has 24 heavy (non-hydrogen) atoms. The van der Waals surface area contributed by atoms with Gasteiger partial charge >= 0.3 is 0 Å². The minimum atomic E-state index is -0.442. The van der Waals surface area contributed by atoms with Crippen LogP contribution in [-0.2, 0) is 7.05 Å². The van der Waals surface area contributed by atoms with Gasteiger partial charge in [-0.3, -0.25) is 4.79 Å². The molecule has 2 rings (SSSR count). The molecule has 5 heteroatoms. The van der Waals surface area contributed by atoms with Gasteiger partial charge in [0.25, 0.3) is 0 Å². The van der Waals surface area contributed by atoms with Crippen molar-refractivity contribution in [1.82, 2.24) is 4.57 Å². The maximum atomic E-state index is 11.5. The summed E-state index contributed by atoms with van der Waals surface area (Å²) in [7, 11) is 1.69. The number of rotatable bonds is 8. The van der Waals surface area contributed by atoms with Crippen LogP contribution in [0.15, 0.2) is 57.0 Å². The Kier molecular flexibility index (Phi) is 6.91. The molecule has 2 atom stereocenters. The van der Waals surface area contributed by atoms with E-state index >= 15 is 0 Å². The molecule has 0 aliphatic heterocycles. The van der Waals surface area contributed by atoms with Crippen LogP contribution in [0, 0.1) is 4.91 Å². The quantitative estimate of drug-likeness (QED) is 0.572. The smallest absolute Gasteiger partial charge is 0.250 e. The molecular formula is C19H23BrN2O2. The van der Waals surface area contributed by atoms with Crippen LogP contribution in [0.25, 0.3) is 0 Å². The van der Waals surface area contributed by atoms with Crippen molar-refractivity contribution in [3.05, 3.63) is 73.5 Å². The van der Waals surface area contributed by atoms with Crippen molar-refractivity contribution in [2.24, 2.45) is 12.2 Å². The van der Waals surface area contributed by atoms with Crippen LogP contribution in [-0.4, -0.2) is 4.57 Å². The molecule has 1 aromatic carbocycles. The van der Waals surface area contributed by atoms with E-state index in [-0.39, 0.29) is 11.5 Å². The average molecular weight is 391 g/mol. The molecule has 128 valence electrons. The Balaban J connectivity index is 2.24. The van der Waals surface area contributed by atoms with Crippen molar-refractivity contribution in [2.45, 2.75) is 44.6 Å². The molecule has 0 aliphatic carbocycles. The summed E-state index contributed by atoms with van der Waals surface area (Å²) in [6.07, 6.45) is 5.62. The summed E-state index contributed by atoms with van der Waals surface area (Å²) in [4.78, 5) is 23.0. The van der Waals surface area contributed by atoms with Crippen LogP contribution in [0.3, 0.4) is 0 Å². The first-order valence-corrected chi connectivity index (χ1v) is 9.09. The number of aryl methyl sites for hydroxylation is 1. The van der Waals surface area contributed by atoms with Gasteiger partial charge in [0.15, 0.2) is 0 Å². The number of unbranched alkanes of at least 4 members (excludes halogenated alkanes) is 1. The largest absolute Gasteiger partial charge is 0.318 e. The molecule has 0 bridgehead atoms. The number of hydrogen-bond donors (Lipinski definition) is 0. The standard InChI is InChI=1S/C19H23BrN2O2/c1-3-4-5-15(14-6-9-17(20)10-7-14)12-18(21-24)16-8-11-19(23)22(2)13-16/h6-11,13,15,18H,3-5,12H2,1-2H3. The van der Waals surface area contributed by atoms with Crippen molar-refractivity contribution in [2.75, 3.05) is 0 Å². The summed E-state index contributed by atoms with van der Waals surface area (Å²) < 4.78 is 2.54. The Morgan fingerprint density at radius 2 is 1.79 bits per heavy atom. The van der Waals surface area contributed by atoms with Gasteiger partial charge in [-0.05, 0) is 48.1 Å². The van der Waals surface area contributed by atoms with Crippen molar-refractivity contribution in [3.8, 4) is 0 Å². The van der Waals surface area contributed by atoms with Crippen molar-refractivity contribution < 1.29 is 0 Å². The van der Waals surface area contributed by atoms with Gasteiger partial charge in [-0.2, -0.15) is 4.91 Å². The van der Waals surface area contributed by atoms with Crippen LogP contribution < -0.4 is 5.56 Å². The predicted octanol–water partition coefficient (Wildman–Crippen LogP) is 5.32. The molecule has 2 aromatic rings. The summed E-state index contributed by atoms with van der Waals surface area (Å²) in [6.45, 7) is 2.17. The summed E-state index contributed by atoms with van der Waals surface area (Å²) in [5.41, 5.74) is 1.94. The Labute approximate surface area is 151 Å². The second-order valence-corrected chi connectivity index (χ2v) is 7.07. The lowest BCUT2D eigenvalue weighted by molar-refractivity contribution is 0.494. The number of hydrogen-bond acceptors (Lipinski definition) is 3. The number of aromatic nitrogens is 1. The van der Waals surface area contributed by atoms with Crippen molar-refractivity contribution in [1.29, 1.82) is 0 Å². The zero-order valence-electron chi connectivity index (χ0n) is 14.1. The molecule has 1 aromatic heterocycles. The molecule has 0 spiro atoms. The van der Waals surface area contributed by atoms with Crippen molar-refractivity contribution in [3.63, 3.8) is 0 Å². The number of nitrogens with zero attached hydrogens (tertiary/aromatic N) is 2. The fourth-order valence-electron chi connectivity index (χ4n) is 2.93. The van der Waals surface area contributed by atoms with Crippen LogP contribution in [0.1, 0.15) is 55.7 Å². The fraction of sp³-hybridized carbons (Fsp3) is 0.421. The van der Waals surface area contributed by atoms with Gasteiger partial charge in [-0.1, -0.05) is 53.0 Å². The topological polar surface area (TPSA) is 51.4 Å². The lowest BCUT2D eigenvalue weighted by atomic mass is 9.86. The van der Waals surface area contributed by atoms with Gasteiger partial charge < -0.3 is 4.57 Å². The van der Waals surface area contributed by atoms with E-state index < -0.39 is 6.04 Å². The summed E-state index contributed by atoms with van der Waals surface area (Å²) in [6, 6.07) is 11.0. The van der Waals surface area contributed by atoms with Gasteiger partial charge in [0, 0.05) is 23.8 Å². The second-order valence-electron chi connectivity index (χ2n) is 6.16. The van der Waals surface area contributed by atoms with Crippen LogP contribution >= 0.6 is 15.9 Å². The average Bonchev–Trinajstić information content (AvgIpc) is 2.59. The van der Waals surface area contributed by atoms with E-state index in [1.807, 2.05) is 12.1 Å². The summed E-state index contributed by atoms with van der Waals surface area (Å²) in [5, 5.41) is 3.35. The molecule has 0 radical (unpaired) electrons. The summed E-state index contributed by atoms with van der Waals surface area (Å²) in [5.74, 6) is 0.276. The Morgan fingerprint density at radius 1 is 1.12 bits per heavy atom. The fourth-order valence-corrected chi connectivity index (χ4v) is 3.19. The third kappa shape index (κ3) is 4.87. The molecule has 0 saturated carbocycles. The molecule has 1 heterocycles. The number of benzene rings is 1. The predicted molar refractivity (Wildman–Crippen MR) is 101 cm³/mol. The highest BCUT2D eigenvalue weighted by Crippen LogP contribution is 2.34. The SMILES string of the molecule is CCCCC(CC(N=O)c1ccc(=O)n(C)c1)c1ccc(Br)cc1. The molecule has 0 N–H and O–H groups in total. The molecule has 0 amide bonds. The van der Waals surface area contributed by atoms with E-state index in [4.69, 9.17) is 0 Å². The van der Waals surface area contributed by atoms with E-state index in [1.54, 1.807) is 19.3 Å².